The van der Waals surface area contributed by atoms with Crippen LogP contribution in [0, 0.1) is 0 Å². The van der Waals surface area contributed by atoms with Gasteiger partial charge >= 0.3 is 6.09 Å². The number of ether oxygens (including phenoxy) is 1. The molecule has 1 fully saturated rings. The fourth-order valence-corrected chi connectivity index (χ4v) is 3.13. The Morgan fingerprint density at radius 3 is 2.36 bits per heavy atom. The number of amides is 2. The van der Waals surface area contributed by atoms with Gasteiger partial charge in [-0.25, -0.2) is 4.79 Å². The summed E-state index contributed by atoms with van der Waals surface area (Å²) in [6.45, 7) is 9.46. The minimum Gasteiger partial charge on any atom is -0.444 e. The highest BCUT2D eigenvalue weighted by Gasteiger charge is 2.35. The van der Waals surface area contributed by atoms with Crippen molar-refractivity contribution >= 4 is 23.6 Å². The molecular formula is C16H29ClN2O3. The third-order valence-corrected chi connectivity index (χ3v) is 3.98. The first-order valence-electron chi connectivity index (χ1n) is 8.02. The molecule has 128 valence electrons. The van der Waals surface area contributed by atoms with E-state index in [1.807, 2.05) is 39.5 Å². The number of nitrogens with one attached hydrogen (secondary N) is 1. The minimum atomic E-state index is -0.530. The zero-order valence-electron chi connectivity index (χ0n) is 14.3. The van der Waals surface area contributed by atoms with Crippen molar-refractivity contribution in [1.82, 2.24) is 10.2 Å². The van der Waals surface area contributed by atoms with Gasteiger partial charge in [0.2, 0.25) is 5.91 Å². The minimum absolute atomic E-state index is 0.0208. The molecule has 2 atom stereocenters. The van der Waals surface area contributed by atoms with Gasteiger partial charge in [0.25, 0.3) is 0 Å². The maximum absolute atomic E-state index is 12.2. The van der Waals surface area contributed by atoms with Crippen molar-refractivity contribution in [3.05, 3.63) is 0 Å². The Labute approximate surface area is 138 Å². The van der Waals surface area contributed by atoms with Crippen molar-refractivity contribution in [3.63, 3.8) is 0 Å². The van der Waals surface area contributed by atoms with Gasteiger partial charge in [0.1, 0.15) is 11.5 Å². The number of carbonyl (C=O) groups excluding carboxylic acids is 2. The number of alkyl carbamates (subject to hydrolysis) is 1. The van der Waals surface area contributed by atoms with E-state index in [-0.39, 0.29) is 29.9 Å². The lowest BCUT2D eigenvalue weighted by Gasteiger charge is -2.42. The Balaban J connectivity index is 2.81. The number of nitrogens with zero attached hydrogens (tertiary/aromatic N) is 1. The van der Waals surface area contributed by atoms with Crippen molar-refractivity contribution in [3.8, 4) is 0 Å². The van der Waals surface area contributed by atoms with Gasteiger partial charge in [-0.1, -0.05) is 12.8 Å². The molecule has 0 aromatic heterocycles. The summed E-state index contributed by atoms with van der Waals surface area (Å²) in [5.74, 6) is -0.118. The average Bonchev–Trinajstić information content (AvgIpc) is 2.38. The third kappa shape index (κ3) is 5.67. The van der Waals surface area contributed by atoms with Crippen LogP contribution in [0.25, 0.3) is 0 Å². The molecule has 2 unspecified atom stereocenters. The Hall–Kier alpha value is -0.970. The van der Waals surface area contributed by atoms with Gasteiger partial charge in [0.15, 0.2) is 0 Å². The van der Waals surface area contributed by atoms with E-state index in [0.717, 1.165) is 25.7 Å². The van der Waals surface area contributed by atoms with E-state index in [1.165, 1.54) is 0 Å². The standard InChI is InChI=1S/C16H29ClN2O3/c1-11(2)19(14(20)10-17)13-9-7-6-8-12(13)18-15(21)22-16(3,4)5/h11-13H,6-10H2,1-5H3,(H,18,21). The molecule has 1 aliphatic carbocycles. The maximum Gasteiger partial charge on any atom is 0.407 e. The molecule has 6 heteroatoms. The zero-order valence-corrected chi connectivity index (χ0v) is 15.1. The van der Waals surface area contributed by atoms with Crippen molar-refractivity contribution in [2.75, 3.05) is 5.88 Å². The van der Waals surface area contributed by atoms with Crippen molar-refractivity contribution < 1.29 is 14.3 Å². The normalized spacial score (nSPS) is 22.3. The van der Waals surface area contributed by atoms with Crippen molar-refractivity contribution in [2.45, 2.75) is 84.0 Å². The van der Waals surface area contributed by atoms with Crippen LogP contribution in [0.5, 0.6) is 0 Å². The first-order valence-corrected chi connectivity index (χ1v) is 8.56. The average molecular weight is 333 g/mol. The Kier molecular flexibility index (Phi) is 6.98. The van der Waals surface area contributed by atoms with E-state index in [9.17, 15) is 9.59 Å². The molecule has 1 aliphatic rings. The van der Waals surface area contributed by atoms with E-state index in [4.69, 9.17) is 16.3 Å². The van der Waals surface area contributed by atoms with E-state index in [2.05, 4.69) is 5.32 Å². The predicted molar refractivity (Wildman–Crippen MR) is 88.1 cm³/mol. The second-order valence-electron chi connectivity index (χ2n) is 7.13. The largest absolute Gasteiger partial charge is 0.444 e. The first-order chi connectivity index (χ1) is 10.2. The van der Waals surface area contributed by atoms with E-state index < -0.39 is 11.7 Å². The molecule has 0 aliphatic heterocycles. The summed E-state index contributed by atoms with van der Waals surface area (Å²) in [4.78, 5) is 26.0. The van der Waals surface area contributed by atoms with Crippen LogP contribution in [0.4, 0.5) is 4.79 Å². The quantitative estimate of drug-likeness (QED) is 0.803. The van der Waals surface area contributed by atoms with Crippen molar-refractivity contribution in [1.29, 1.82) is 0 Å². The van der Waals surface area contributed by atoms with Gasteiger partial charge in [-0.2, -0.15) is 0 Å². The number of carbonyl (C=O) groups is 2. The molecule has 22 heavy (non-hydrogen) atoms. The van der Waals surface area contributed by atoms with Crippen molar-refractivity contribution in [2.24, 2.45) is 0 Å². The number of hydrogen-bond acceptors (Lipinski definition) is 3. The summed E-state index contributed by atoms with van der Waals surface area (Å²) >= 11 is 5.75. The summed E-state index contributed by atoms with van der Waals surface area (Å²) < 4.78 is 5.34. The topological polar surface area (TPSA) is 58.6 Å². The molecule has 0 aromatic carbocycles. The molecule has 0 aromatic rings. The van der Waals surface area contributed by atoms with Gasteiger partial charge in [-0.15, -0.1) is 11.6 Å². The van der Waals surface area contributed by atoms with Crippen LogP contribution in [0.2, 0.25) is 0 Å². The van der Waals surface area contributed by atoms with Gasteiger partial charge < -0.3 is 15.0 Å². The first kappa shape index (κ1) is 19.1. The monoisotopic (exact) mass is 332 g/mol. The van der Waals surface area contributed by atoms with Crippen LogP contribution in [0.1, 0.15) is 60.3 Å². The molecule has 1 rings (SSSR count). The molecule has 0 radical (unpaired) electrons. The fraction of sp³-hybridized carbons (Fsp3) is 0.875. The van der Waals surface area contributed by atoms with Gasteiger partial charge in [0, 0.05) is 6.04 Å². The summed E-state index contributed by atoms with van der Waals surface area (Å²) in [6.07, 6.45) is 3.39. The van der Waals surface area contributed by atoms with Crippen LogP contribution in [0.15, 0.2) is 0 Å². The van der Waals surface area contributed by atoms with E-state index >= 15 is 0 Å². The highest BCUT2D eigenvalue weighted by molar-refractivity contribution is 6.27. The molecule has 1 saturated carbocycles. The smallest absolute Gasteiger partial charge is 0.407 e. The summed E-state index contributed by atoms with van der Waals surface area (Å²) in [5.41, 5.74) is -0.530. The molecule has 0 spiro atoms. The Morgan fingerprint density at radius 2 is 1.86 bits per heavy atom. The third-order valence-electron chi connectivity index (χ3n) is 3.75. The second kappa shape index (κ2) is 8.04. The van der Waals surface area contributed by atoms with Gasteiger partial charge in [-0.05, 0) is 47.5 Å². The highest BCUT2D eigenvalue weighted by Crippen LogP contribution is 2.25. The molecule has 0 bridgehead atoms. The number of halogens is 1. The fourth-order valence-electron chi connectivity index (χ4n) is 3.00. The van der Waals surface area contributed by atoms with Crippen LogP contribution >= 0.6 is 11.6 Å². The van der Waals surface area contributed by atoms with E-state index in [0.29, 0.717) is 0 Å². The molecule has 0 saturated heterocycles. The van der Waals surface area contributed by atoms with Crippen LogP contribution < -0.4 is 5.32 Å². The summed E-state index contributed by atoms with van der Waals surface area (Å²) in [5, 5.41) is 2.94. The number of rotatable bonds is 4. The summed E-state index contributed by atoms with van der Waals surface area (Å²) in [7, 11) is 0. The lowest BCUT2D eigenvalue weighted by molar-refractivity contribution is -0.134. The number of hydrogen-bond donors (Lipinski definition) is 1. The van der Waals surface area contributed by atoms with Gasteiger partial charge in [-0.3, -0.25) is 4.79 Å². The van der Waals surface area contributed by atoms with Crippen LogP contribution in [-0.2, 0) is 9.53 Å². The number of alkyl halides is 1. The maximum atomic E-state index is 12.2. The second-order valence-corrected chi connectivity index (χ2v) is 7.40. The Morgan fingerprint density at radius 1 is 1.27 bits per heavy atom. The van der Waals surface area contributed by atoms with Crippen LogP contribution in [-0.4, -0.2) is 46.5 Å². The molecule has 0 heterocycles. The Bertz CT molecular complexity index is 393. The molecule has 1 N–H and O–H groups in total. The summed E-state index contributed by atoms with van der Waals surface area (Å²) in [6, 6.07) is -0.0528. The molecular weight excluding hydrogens is 304 g/mol. The molecule has 2 amide bonds. The van der Waals surface area contributed by atoms with Crippen LogP contribution in [0.3, 0.4) is 0 Å². The SMILES string of the molecule is CC(C)N(C(=O)CCl)C1CCCCC1NC(=O)OC(C)(C)C. The zero-order chi connectivity index (χ0) is 16.9. The lowest BCUT2D eigenvalue weighted by Crippen LogP contribution is -2.57. The highest BCUT2D eigenvalue weighted by atomic mass is 35.5. The van der Waals surface area contributed by atoms with Gasteiger partial charge in [0.05, 0.1) is 12.1 Å². The molecule has 5 nitrogen and oxygen atoms in total. The van der Waals surface area contributed by atoms with E-state index in [1.54, 1.807) is 0 Å². The predicted octanol–water partition coefficient (Wildman–Crippen LogP) is 3.30. The lowest BCUT2D eigenvalue weighted by atomic mass is 9.88.